The molecular formula is C16H11F4N3O2. The molecule has 2 aromatic carbocycles. The Labute approximate surface area is 139 Å². The molecule has 5 nitrogen and oxygen atoms in total. The Morgan fingerprint density at radius 3 is 2.56 bits per heavy atom. The number of hydrogen-bond acceptors (Lipinski definition) is 2. The van der Waals surface area contributed by atoms with E-state index in [1.807, 2.05) is 0 Å². The zero-order valence-corrected chi connectivity index (χ0v) is 12.5. The SMILES string of the molecule is O=C1NCC(c2ccc(F)c(F)c2)N1C(=O)Nc1cccc(F)c1F. The molecule has 1 heterocycles. The molecule has 3 rings (SSSR count). The monoisotopic (exact) mass is 353 g/mol. The van der Waals surface area contributed by atoms with Crippen molar-refractivity contribution in [2.24, 2.45) is 0 Å². The molecule has 4 amide bonds. The fraction of sp³-hybridized carbons (Fsp3) is 0.125. The van der Waals surface area contributed by atoms with Crippen LogP contribution in [0.1, 0.15) is 11.6 Å². The summed E-state index contributed by atoms with van der Waals surface area (Å²) < 4.78 is 53.3. The highest BCUT2D eigenvalue weighted by Gasteiger charge is 2.37. The standard InChI is InChI=1S/C16H11F4N3O2/c17-9-5-4-8(6-11(9)19)13-7-21-15(24)23(13)16(25)22-12-3-1-2-10(18)14(12)20/h1-6,13H,7H2,(H,21,24)(H,22,25). The van der Waals surface area contributed by atoms with E-state index in [4.69, 9.17) is 0 Å². The van der Waals surface area contributed by atoms with Crippen molar-refractivity contribution >= 4 is 17.7 Å². The van der Waals surface area contributed by atoms with Crippen molar-refractivity contribution in [1.29, 1.82) is 0 Å². The van der Waals surface area contributed by atoms with Crippen LogP contribution in [0, 0.1) is 23.3 Å². The second-order valence-corrected chi connectivity index (χ2v) is 5.28. The Morgan fingerprint density at radius 1 is 1.08 bits per heavy atom. The van der Waals surface area contributed by atoms with E-state index in [0.717, 1.165) is 24.3 Å². The van der Waals surface area contributed by atoms with Crippen molar-refractivity contribution in [3.8, 4) is 0 Å². The number of urea groups is 2. The molecule has 2 aromatic rings. The van der Waals surface area contributed by atoms with Gasteiger partial charge in [-0.3, -0.25) is 0 Å². The fourth-order valence-corrected chi connectivity index (χ4v) is 2.50. The Morgan fingerprint density at radius 2 is 1.84 bits per heavy atom. The first-order valence-electron chi connectivity index (χ1n) is 7.15. The number of nitrogens with zero attached hydrogens (tertiary/aromatic N) is 1. The van der Waals surface area contributed by atoms with Crippen LogP contribution in [-0.4, -0.2) is 23.5 Å². The lowest BCUT2D eigenvalue weighted by molar-refractivity contribution is 0.196. The van der Waals surface area contributed by atoms with E-state index in [0.29, 0.717) is 4.90 Å². The van der Waals surface area contributed by atoms with Crippen molar-refractivity contribution in [3.05, 3.63) is 65.2 Å². The first-order valence-corrected chi connectivity index (χ1v) is 7.15. The molecule has 0 spiro atoms. The topological polar surface area (TPSA) is 61.4 Å². The van der Waals surface area contributed by atoms with E-state index in [-0.39, 0.29) is 12.1 Å². The summed E-state index contributed by atoms with van der Waals surface area (Å²) in [6, 6.07) is 3.38. The number of nitrogens with one attached hydrogen (secondary N) is 2. The zero-order chi connectivity index (χ0) is 18.1. The third-order valence-electron chi connectivity index (χ3n) is 3.72. The summed E-state index contributed by atoms with van der Waals surface area (Å²) in [6.07, 6.45) is 0. The van der Waals surface area contributed by atoms with Crippen LogP contribution in [0.4, 0.5) is 32.8 Å². The number of amides is 4. The number of halogens is 4. The smallest absolute Gasteiger partial charge is 0.330 e. The third-order valence-corrected chi connectivity index (χ3v) is 3.72. The minimum Gasteiger partial charge on any atom is -0.335 e. The first-order chi connectivity index (χ1) is 11.9. The van der Waals surface area contributed by atoms with E-state index < -0.39 is 47.1 Å². The van der Waals surface area contributed by atoms with Crippen molar-refractivity contribution < 1.29 is 27.2 Å². The van der Waals surface area contributed by atoms with Gasteiger partial charge in [0.1, 0.15) is 0 Å². The molecule has 1 aliphatic rings. The molecule has 0 aromatic heterocycles. The van der Waals surface area contributed by atoms with Crippen LogP contribution in [0.3, 0.4) is 0 Å². The van der Waals surface area contributed by atoms with Gasteiger partial charge < -0.3 is 10.6 Å². The maximum Gasteiger partial charge on any atom is 0.330 e. The summed E-state index contributed by atoms with van der Waals surface area (Å²) >= 11 is 0. The number of anilines is 1. The summed E-state index contributed by atoms with van der Waals surface area (Å²) in [6.45, 7) is -0.0387. The molecule has 1 fully saturated rings. The normalized spacial score (nSPS) is 16.7. The molecule has 1 unspecified atom stereocenters. The van der Waals surface area contributed by atoms with Crippen LogP contribution in [-0.2, 0) is 0 Å². The van der Waals surface area contributed by atoms with Crippen LogP contribution in [0.25, 0.3) is 0 Å². The predicted molar refractivity (Wildman–Crippen MR) is 79.7 cm³/mol. The molecule has 1 saturated heterocycles. The second kappa shape index (κ2) is 6.42. The lowest BCUT2D eigenvalue weighted by Gasteiger charge is -2.22. The largest absolute Gasteiger partial charge is 0.335 e. The van der Waals surface area contributed by atoms with E-state index >= 15 is 0 Å². The minimum absolute atomic E-state index is 0.0387. The van der Waals surface area contributed by atoms with Gasteiger partial charge in [0.25, 0.3) is 0 Å². The lowest BCUT2D eigenvalue weighted by Crippen LogP contribution is -2.39. The van der Waals surface area contributed by atoms with Crippen molar-refractivity contribution in [3.63, 3.8) is 0 Å². The Balaban J connectivity index is 1.87. The predicted octanol–water partition coefficient (Wildman–Crippen LogP) is 3.54. The number of benzene rings is 2. The maximum absolute atomic E-state index is 13.7. The van der Waals surface area contributed by atoms with Gasteiger partial charge in [0.15, 0.2) is 23.3 Å². The summed E-state index contributed by atoms with van der Waals surface area (Å²) in [5.74, 6) is -4.65. The molecule has 2 N–H and O–H groups in total. The van der Waals surface area contributed by atoms with Gasteiger partial charge in [-0.05, 0) is 29.8 Å². The Bertz CT molecular complexity index is 859. The van der Waals surface area contributed by atoms with E-state index in [1.54, 1.807) is 0 Å². The lowest BCUT2D eigenvalue weighted by atomic mass is 10.1. The molecule has 0 bridgehead atoms. The molecule has 0 radical (unpaired) electrons. The van der Waals surface area contributed by atoms with Gasteiger partial charge in [-0.2, -0.15) is 0 Å². The van der Waals surface area contributed by atoms with E-state index in [9.17, 15) is 27.2 Å². The summed E-state index contributed by atoms with van der Waals surface area (Å²) in [7, 11) is 0. The first kappa shape index (κ1) is 16.7. The minimum atomic E-state index is -1.28. The van der Waals surface area contributed by atoms with Crippen LogP contribution in [0.2, 0.25) is 0 Å². The van der Waals surface area contributed by atoms with E-state index in [1.165, 1.54) is 12.1 Å². The summed E-state index contributed by atoms with van der Waals surface area (Å²) in [5.41, 5.74) is -0.277. The number of carbonyl (C=O) groups excluding carboxylic acids is 2. The second-order valence-electron chi connectivity index (χ2n) is 5.28. The molecule has 9 heteroatoms. The Kier molecular flexibility index (Phi) is 4.30. The highest BCUT2D eigenvalue weighted by Crippen LogP contribution is 2.27. The van der Waals surface area contributed by atoms with Crippen molar-refractivity contribution in [2.75, 3.05) is 11.9 Å². The molecule has 0 aliphatic carbocycles. The molecule has 1 aliphatic heterocycles. The molecular weight excluding hydrogens is 342 g/mol. The number of rotatable bonds is 2. The number of imide groups is 1. The van der Waals surface area contributed by atoms with Gasteiger partial charge in [0.05, 0.1) is 11.7 Å². The van der Waals surface area contributed by atoms with Gasteiger partial charge in [-0.15, -0.1) is 0 Å². The summed E-state index contributed by atoms with van der Waals surface area (Å²) in [5, 5.41) is 4.48. The number of carbonyl (C=O) groups is 2. The van der Waals surface area contributed by atoms with Crippen molar-refractivity contribution in [1.82, 2.24) is 10.2 Å². The van der Waals surface area contributed by atoms with Gasteiger partial charge in [0, 0.05) is 6.54 Å². The third kappa shape index (κ3) is 3.12. The van der Waals surface area contributed by atoms with Gasteiger partial charge >= 0.3 is 12.1 Å². The van der Waals surface area contributed by atoms with Gasteiger partial charge in [-0.25, -0.2) is 32.1 Å². The molecule has 0 saturated carbocycles. The van der Waals surface area contributed by atoms with Crippen LogP contribution < -0.4 is 10.6 Å². The number of hydrogen-bond donors (Lipinski definition) is 2. The average Bonchev–Trinajstić information content (AvgIpc) is 2.96. The fourth-order valence-electron chi connectivity index (χ4n) is 2.50. The molecule has 1 atom stereocenters. The molecule has 25 heavy (non-hydrogen) atoms. The molecule has 130 valence electrons. The zero-order valence-electron chi connectivity index (χ0n) is 12.5. The average molecular weight is 353 g/mol. The van der Waals surface area contributed by atoms with E-state index in [2.05, 4.69) is 10.6 Å². The highest BCUT2D eigenvalue weighted by atomic mass is 19.2. The Hall–Kier alpha value is -3.10. The van der Waals surface area contributed by atoms with Crippen LogP contribution in [0.5, 0.6) is 0 Å². The van der Waals surface area contributed by atoms with Gasteiger partial charge in [-0.1, -0.05) is 12.1 Å². The van der Waals surface area contributed by atoms with Crippen LogP contribution in [0.15, 0.2) is 36.4 Å². The summed E-state index contributed by atoms with van der Waals surface area (Å²) in [4.78, 5) is 24.9. The maximum atomic E-state index is 13.7. The van der Waals surface area contributed by atoms with Gasteiger partial charge in [0.2, 0.25) is 0 Å². The highest BCUT2D eigenvalue weighted by molar-refractivity contribution is 6.02. The van der Waals surface area contributed by atoms with Crippen LogP contribution >= 0.6 is 0 Å². The van der Waals surface area contributed by atoms with Crippen molar-refractivity contribution in [2.45, 2.75) is 6.04 Å². The quantitative estimate of drug-likeness (QED) is 0.812.